The van der Waals surface area contributed by atoms with Crippen molar-refractivity contribution in [3.05, 3.63) is 52.5 Å². The van der Waals surface area contributed by atoms with Crippen molar-refractivity contribution in [1.29, 1.82) is 0 Å². The summed E-state index contributed by atoms with van der Waals surface area (Å²) in [7, 11) is 1.65. The van der Waals surface area contributed by atoms with Crippen molar-refractivity contribution in [3.8, 4) is 0 Å². The highest BCUT2D eigenvalue weighted by atomic mass is 16.5. The summed E-state index contributed by atoms with van der Waals surface area (Å²) in [5, 5.41) is 2.90. The number of ether oxygens (including phenoxy) is 1. The fourth-order valence-electron chi connectivity index (χ4n) is 2.23. The van der Waals surface area contributed by atoms with E-state index in [1.807, 2.05) is 38.1 Å². The van der Waals surface area contributed by atoms with Gasteiger partial charge in [-0.15, -0.1) is 0 Å². The molecule has 2 rings (SSSR count). The van der Waals surface area contributed by atoms with Gasteiger partial charge in [-0.2, -0.15) is 0 Å². The summed E-state index contributed by atoms with van der Waals surface area (Å²) in [6.07, 6.45) is 0. The number of rotatable bonds is 4. The summed E-state index contributed by atoms with van der Waals surface area (Å²) >= 11 is 0. The number of furan rings is 1. The second-order valence-electron chi connectivity index (χ2n) is 4.80. The smallest absolute Gasteiger partial charge is 0.259 e. The Balaban J connectivity index is 2.21. The van der Waals surface area contributed by atoms with Crippen LogP contribution in [0.5, 0.6) is 0 Å². The Morgan fingerprint density at radius 3 is 2.60 bits per heavy atom. The van der Waals surface area contributed by atoms with Crippen LogP contribution >= 0.6 is 0 Å². The summed E-state index contributed by atoms with van der Waals surface area (Å²) in [5.41, 5.74) is 3.26. The monoisotopic (exact) mass is 273 g/mol. The first kappa shape index (κ1) is 14.3. The lowest BCUT2D eigenvalue weighted by atomic mass is 10.1. The first-order chi connectivity index (χ1) is 9.52. The molecular formula is C16H19NO3. The van der Waals surface area contributed by atoms with Crippen molar-refractivity contribution >= 4 is 11.6 Å². The number of anilines is 1. The largest absolute Gasteiger partial charge is 0.466 e. The Morgan fingerprint density at radius 1 is 1.25 bits per heavy atom. The zero-order valence-corrected chi connectivity index (χ0v) is 12.2. The average Bonchev–Trinajstić information content (AvgIpc) is 2.64. The van der Waals surface area contributed by atoms with Gasteiger partial charge in [0, 0.05) is 18.4 Å². The van der Waals surface area contributed by atoms with Gasteiger partial charge in [0.1, 0.15) is 11.5 Å². The third kappa shape index (κ3) is 2.91. The Bertz CT molecular complexity index is 629. The van der Waals surface area contributed by atoms with Gasteiger partial charge >= 0.3 is 0 Å². The van der Waals surface area contributed by atoms with Crippen LogP contribution in [-0.4, -0.2) is 13.0 Å². The Hall–Kier alpha value is -2.07. The molecule has 0 bridgehead atoms. The predicted molar refractivity (Wildman–Crippen MR) is 78.0 cm³/mol. The molecule has 1 N–H and O–H groups in total. The zero-order valence-electron chi connectivity index (χ0n) is 12.2. The fourth-order valence-corrected chi connectivity index (χ4v) is 2.23. The number of amides is 1. The fraction of sp³-hybridized carbons (Fsp3) is 0.312. The standard InChI is InChI=1S/C16H19NO3/c1-10-11(2)20-12(3)15(10)16(18)17-14-7-5-6-13(8-14)9-19-4/h5-8H,9H2,1-4H3,(H,17,18). The molecule has 0 saturated heterocycles. The van der Waals surface area contributed by atoms with Crippen LogP contribution in [0.25, 0.3) is 0 Å². The average molecular weight is 273 g/mol. The van der Waals surface area contributed by atoms with E-state index >= 15 is 0 Å². The Morgan fingerprint density at radius 2 is 2.00 bits per heavy atom. The number of carbonyl (C=O) groups excluding carboxylic acids is 1. The minimum absolute atomic E-state index is 0.147. The van der Waals surface area contributed by atoms with Gasteiger partial charge in [0.25, 0.3) is 5.91 Å². The number of aryl methyl sites for hydroxylation is 2. The van der Waals surface area contributed by atoms with E-state index < -0.39 is 0 Å². The quantitative estimate of drug-likeness (QED) is 0.926. The van der Waals surface area contributed by atoms with Gasteiger partial charge in [-0.05, 0) is 38.5 Å². The highest BCUT2D eigenvalue weighted by molar-refractivity contribution is 6.06. The molecule has 0 aliphatic heterocycles. The first-order valence-corrected chi connectivity index (χ1v) is 6.48. The lowest BCUT2D eigenvalue weighted by Crippen LogP contribution is -2.13. The summed E-state index contributed by atoms with van der Waals surface area (Å²) in [6, 6.07) is 7.61. The molecule has 1 heterocycles. The van der Waals surface area contributed by atoms with Gasteiger partial charge in [-0.1, -0.05) is 12.1 Å². The minimum atomic E-state index is -0.147. The predicted octanol–water partition coefficient (Wildman–Crippen LogP) is 3.60. The SMILES string of the molecule is COCc1cccc(NC(=O)c2c(C)oc(C)c2C)c1. The van der Waals surface area contributed by atoms with Gasteiger partial charge in [0.15, 0.2) is 0 Å². The van der Waals surface area contributed by atoms with E-state index in [1.54, 1.807) is 14.0 Å². The van der Waals surface area contributed by atoms with Crippen molar-refractivity contribution in [2.45, 2.75) is 27.4 Å². The lowest BCUT2D eigenvalue weighted by Gasteiger charge is -2.07. The van der Waals surface area contributed by atoms with Crippen LogP contribution in [0.1, 0.15) is 33.0 Å². The maximum absolute atomic E-state index is 12.3. The molecule has 1 amide bonds. The molecule has 1 aromatic heterocycles. The van der Waals surface area contributed by atoms with Gasteiger partial charge in [-0.25, -0.2) is 0 Å². The van der Waals surface area contributed by atoms with E-state index in [0.29, 0.717) is 17.9 Å². The highest BCUT2D eigenvalue weighted by Gasteiger charge is 2.18. The topological polar surface area (TPSA) is 51.5 Å². The lowest BCUT2D eigenvalue weighted by molar-refractivity contribution is 0.102. The van der Waals surface area contributed by atoms with E-state index in [-0.39, 0.29) is 5.91 Å². The number of carbonyl (C=O) groups is 1. The second kappa shape index (κ2) is 5.92. The van der Waals surface area contributed by atoms with Crippen LogP contribution in [0.3, 0.4) is 0 Å². The van der Waals surface area contributed by atoms with Crippen LogP contribution < -0.4 is 5.32 Å². The van der Waals surface area contributed by atoms with E-state index in [9.17, 15) is 4.79 Å². The van der Waals surface area contributed by atoms with E-state index in [0.717, 1.165) is 22.6 Å². The van der Waals surface area contributed by atoms with Crippen LogP contribution in [-0.2, 0) is 11.3 Å². The molecule has 4 heteroatoms. The van der Waals surface area contributed by atoms with Gasteiger partial charge in [0.2, 0.25) is 0 Å². The molecule has 0 aliphatic carbocycles. The molecule has 0 saturated carbocycles. The number of nitrogens with one attached hydrogen (secondary N) is 1. The third-order valence-corrected chi connectivity index (χ3v) is 3.28. The molecule has 0 fully saturated rings. The van der Waals surface area contributed by atoms with Gasteiger partial charge < -0.3 is 14.5 Å². The maximum atomic E-state index is 12.3. The molecule has 4 nitrogen and oxygen atoms in total. The summed E-state index contributed by atoms with van der Waals surface area (Å²) < 4.78 is 10.6. The Kier molecular flexibility index (Phi) is 4.25. The molecule has 0 atom stereocenters. The third-order valence-electron chi connectivity index (χ3n) is 3.28. The maximum Gasteiger partial charge on any atom is 0.259 e. The first-order valence-electron chi connectivity index (χ1n) is 6.48. The summed E-state index contributed by atoms with van der Waals surface area (Å²) in [6.45, 7) is 6.07. The van der Waals surface area contributed by atoms with Crippen LogP contribution in [0, 0.1) is 20.8 Å². The van der Waals surface area contributed by atoms with E-state index in [4.69, 9.17) is 9.15 Å². The number of benzene rings is 1. The molecule has 1 aromatic carbocycles. The van der Waals surface area contributed by atoms with Crippen LogP contribution in [0.4, 0.5) is 5.69 Å². The molecule has 106 valence electrons. The number of hydrogen-bond donors (Lipinski definition) is 1. The van der Waals surface area contributed by atoms with Crippen molar-refractivity contribution in [1.82, 2.24) is 0 Å². The second-order valence-corrected chi connectivity index (χ2v) is 4.80. The van der Waals surface area contributed by atoms with Crippen LogP contribution in [0.15, 0.2) is 28.7 Å². The highest BCUT2D eigenvalue weighted by Crippen LogP contribution is 2.22. The molecule has 20 heavy (non-hydrogen) atoms. The van der Waals surface area contributed by atoms with Crippen molar-refractivity contribution in [2.24, 2.45) is 0 Å². The molecular weight excluding hydrogens is 254 g/mol. The van der Waals surface area contributed by atoms with Crippen LogP contribution in [0.2, 0.25) is 0 Å². The molecule has 0 radical (unpaired) electrons. The molecule has 0 aliphatic rings. The van der Waals surface area contributed by atoms with Gasteiger partial charge in [0.05, 0.1) is 12.2 Å². The number of methoxy groups -OCH3 is 1. The summed E-state index contributed by atoms with van der Waals surface area (Å²) in [5.74, 6) is 1.28. The van der Waals surface area contributed by atoms with Crippen molar-refractivity contribution < 1.29 is 13.9 Å². The molecule has 0 spiro atoms. The molecule has 0 unspecified atom stereocenters. The van der Waals surface area contributed by atoms with Crippen molar-refractivity contribution in [3.63, 3.8) is 0 Å². The van der Waals surface area contributed by atoms with Gasteiger partial charge in [-0.3, -0.25) is 4.79 Å². The molecule has 2 aromatic rings. The van der Waals surface area contributed by atoms with Crippen molar-refractivity contribution in [2.75, 3.05) is 12.4 Å². The number of hydrogen-bond acceptors (Lipinski definition) is 3. The van der Waals surface area contributed by atoms with E-state index in [1.165, 1.54) is 0 Å². The zero-order chi connectivity index (χ0) is 14.7. The normalized spacial score (nSPS) is 10.6. The van der Waals surface area contributed by atoms with E-state index in [2.05, 4.69) is 5.32 Å². The Labute approximate surface area is 118 Å². The minimum Gasteiger partial charge on any atom is -0.466 e. The summed E-state index contributed by atoms with van der Waals surface area (Å²) in [4.78, 5) is 12.3.